The number of hydrogen-bond donors (Lipinski definition) is 2. The molecule has 0 amide bonds. The van der Waals surface area contributed by atoms with E-state index in [-0.39, 0.29) is 24.0 Å². The molecule has 0 fully saturated rings. The van der Waals surface area contributed by atoms with Gasteiger partial charge in [-0.15, -0.1) is 24.0 Å². The summed E-state index contributed by atoms with van der Waals surface area (Å²) < 4.78 is 16.0. The number of methoxy groups -OCH3 is 2. The second-order valence-corrected chi connectivity index (χ2v) is 4.47. The predicted octanol–water partition coefficient (Wildman–Crippen LogP) is 2.41. The molecule has 23 heavy (non-hydrogen) atoms. The molecule has 0 saturated carbocycles. The van der Waals surface area contributed by atoms with Crippen molar-refractivity contribution in [2.75, 3.05) is 40.5 Å². The number of rotatable bonds is 9. The summed E-state index contributed by atoms with van der Waals surface area (Å²) in [5, 5.41) is 6.44. The molecule has 0 saturated heterocycles. The van der Waals surface area contributed by atoms with Crippen molar-refractivity contribution in [3.8, 4) is 11.5 Å². The molecule has 1 aromatic rings. The highest BCUT2D eigenvalue weighted by Crippen LogP contribution is 2.30. The van der Waals surface area contributed by atoms with Gasteiger partial charge in [-0.1, -0.05) is 12.1 Å². The molecule has 0 bridgehead atoms. The Hall–Kier alpha value is -1.22. The van der Waals surface area contributed by atoms with E-state index in [0.29, 0.717) is 18.9 Å². The Morgan fingerprint density at radius 3 is 2.52 bits per heavy atom. The molecule has 0 atom stereocenters. The van der Waals surface area contributed by atoms with Crippen LogP contribution in [0.3, 0.4) is 0 Å². The van der Waals surface area contributed by atoms with Crippen LogP contribution >= 0.6 is 24.0 Å². The number of para-hydroxylation sites is 1. The van der Waals surface area contributed by atoms with Gasteiger partial charge in [0, 0.05) is 25.3 Å². The molecule has 7 heteroatoms. The Labute approximate surface area is 156 Å². The van der Waals surface area contributed by atoms with E-state index in [2.05, 4.69) is 15.6 Å². The lowest BCUT2D eigenvalue weighted by Crippen LogP contribution is -2.39. The molecule has 0 aliphatic rings. The van der Waals surface area contributed by atoms with Gasteiger partial charge in [0.2, 0.25) is 0 Å². The van der Waals surface area contributed by atoms with Crippen molar-refractivity contribution in [1.29, 1.82) is 0 Å². The van der Waals surface area contributed by atoms with Crippen molar-refractivity contribution in [3.63, 3.8) is 0 Å². The first-order valence-electron chi connectivity index (χ1n) is 7.56. The van der Waals surface area contributed by atoms with E-state index in [9.17, 15) is 0 Å². The van der Waals surface area contributed by atoms with Gasteiger partial charge in [0.15, 0.2) is 17.5 Å². The van der Waals surface area contributed by atoms with Gasteiger partial charge in [-0.25, -0.2) is 4.99 Å². The highest BCUT2D eigenvalue weighted by atomic mass is 127. The zero-order valence-corrected chi connectivity index (χ0v) is 16.7. The number of aliphatic imine (C=N–C) groups is 1. The smallest absolute Gasteiger partial charge is 0.191 e. The molecule has 2 N–H and O–H groups in total. The van der Waals surface area contributed by atoms with Crippen LogP contribution in [0.25, 0.3) is 0 Å². The van der Waals surface area contributed by atoms with Crippen LogP contribution in [-0.2, 0) is 11.3 Å². The third-order valence-corrected chi connectivity index (χ3v) is 2.98. The van der Waals surface area contributed by atoms with Crippen LogP contribution in [0.4, 0.5) is 0 Å². The van der Waals surface area contributed by atoms with E-state index in [1.807, 2.05) is 32.0 Å². The summed E-state index contributed by atoms with van der Waals surface area (Å²) >= 11 is 0. The third-order valence-electron chi connectivity index (χ3n) is 2.98. The fraction of sp³-hybridized carbons (Fsp3) is 0.562. The lowest BCUT2D eigenvalue weighted by Gasteiger charge is -2.13. The third kappa shape index (κ3) is 7.74. The van der Waals surface area contributed by atoms with Crippen LogP contribution in [0, 0.1) is 0 Å². The van der Waals surface area contributed by atoms with Crippen molar-refractivity contribution < 1.29 is 14.2 Å². The molecule has 1 aromatic carbocycles. The maximum Gasteiger partial charge on any atom is 0.191 e. The van der Waals surface area contributed by atoms with E-state index in [4.69, 9.17) is 14.2 Å². The van der Waals surface area contributed by atoms with Crippen molar-refractivity contribution in [1.82, 2.24) is 10.6 Å². The Balaban J connectivity index is 0.00000484. The minimum atomic E-state index is 0. The van der Waals surface area contributed by atoms with Gasteiger partial charge < -0.3 is 24.8 Å². The van der Waals surface area contributed by atoms with Crippen LogP contribution in [0.15, 0.2) is 23.2 Å². The Kier molecular flexibility index (Phi) is 12.5. The van der Waals surface area contributed by atoms with Gasteiger partial charge >= 0.3 is 0 Å². The number of guanidine groups is 1. The monoisotopic (exact) mass is 437 g/mol. The average Bonchev–Trinajstić information content (AvgIpc) is 2.55. The molecule has 0 spiro atoms. The highest BCUT2D eigenvalue weighted by molar-refractivity contribution is 14.0. The van der Waals surface area contributed by atoms with Crippen LogP contribution in [0.1, 0.15) is 19.4 Å². The van der Waals surface area contributed by atoms with E-state index >= 15 is 0 Å². The van der Waals surface area contributed by atoms with Crippen LogP contribution in [0.5, 0.6) is 11.5 Å². The summed E-state index contributed by atoms with van der Waals surface area (Å²) in [4.78, 5) is 4.57. The molecule has 0 unspecified atom stereocenters. The minimum Gasteiger partial charge on any atom is -0.493 e. The quantitative estimate of drug-likeness (QED) is 0.269. The molecular formula is C16H28IN3O3. The van der Waals surface area contributed by atoms with Crippen molar-refractivity contribution >= 4 is 29.9 Å². The average molecular weight is 437 g/mol. The predicted molar refractivity (Wildman–Crippen MR) is 104 cm³/mol. The van der Waals surface area contributed by atoms with Crippen molar-refractivity contribution in [2.24, 2.45) is 4.99 Å². The van der Waals surface area contributed by atoms with Gasteiger partial charge in [0.25, 0.3) is 0 Å². The summed E-state index contributed by atoms with van der Waals surface area (Å²) in [5.41, 5.74) is 0.976. The van der Waals surface area contributed by atoms with Gasteiger partial charge in [-0.05, 0) is 19.9 Å². The van der Waals surface area contributed by atoms with Crippen LogP contribution < -0.4 is 20.1 Å². The number of nitrogens with one attached hydrogen (secondary N) is 2. The first kappa shape index (κ1) is 21.8. The molecule has 1 rings (SSSR count). The number of ether oxygens (including phenoxy) is 3. The van der Waals surface area contributed by atoms with E-state index < -0.39 is 0 Å². The SMILES string of the molecule is CCNC(=NCc1cccc(OC)c1OC)NCCOCC.I. The molecule has 0 aliphatic carbocycles. The number of hydrogen-bond acceptors (Lipinski definition) is 4. The standard InChI is InChI=1S/C16H27N3O3.HI/c1-5-17-16(18-10-11-22-6-2)19-12-13-8-7-9-14(20-3)15(13)21-4;/h7-9H,5-6,10-12H2,1-4H3,(H2,17,18,19);1H. The van der Waals surface area contributed by atoms with Crippen LogP contribution in [-0.4, -0.2) is 46.5 Å². The Morgan fingerprint density at radius 1 is 1.13 bits per heavy atom. The lowest BCUT2D eigenvalue weighted by molar-refractivity contribution is 0.152. The molecule has 0 aliphatic heterocycles. The summed E-state index contributed by atoms with van der Waals surface area (Å²) in [7, 11) is 3.26. The molecule has 0 radical (unpaired) electrons. The van der Waals surface area contributed by atoms with E-state index in [1.165, 1.54) is 0 Å². The summed E-state index contributed by atoms with van der Waals surface area (Å²) in [6, 6.07) is 5.79. The van der Waals surface area contributed by atoms with Gasteiger partial charge in [-0.3, -0.25) is 0 Å². The van der Waals surface area contributed by atoms with Gasteiger partial charge in [-0.2, -0.15) is 0 Å². The fourth-order valence-electron chi connectivity index (χ4n) is 1.97. The van der Waals surface area contributed by atoms with E-state index in [0.717, 1.165) is 37.0 Å². The largest absolute Gasteiger partial charge is 0.493 e. The molecule has 132 valence electrons. The number of halogens is 1. The van der Waals surface area contributed by atoms with Crippen LogP contribution in [0.2, 0.25) is 0 Å². The lowest BCUT2D eigenvalue weighted by atomic mass is 10.2. The topological polar surface area (TPSA) is 64.1 Å². The molecule has 0 aromatic heterocycles. The first-order valence-corrected chi connectivity index (χ1v) is 7.56. The highest BCUT2D eigenvalue weighted by Gasteiger charge is 2.09. The maximum absolute atomic E-state index is 5.42. The summed E-state index contributed by atoms with van der Waals surface area (Å²) in [6.07, 6.45) is 0. The Bertz CT molecular complexity index is 470. The fourth-order valence-corrected chi connectivity index (χ4v) is 1.97. The molecular weight excluding hydrogens is 409 g/mol. The van der Waals surface area contributed by atoms with E-state index in [1.54, 1.807) is 14.2 Å². The van der Waals surface area contributed by atoms with Crippen molar-refractivity contribution in [2.45, 2.75) is 20.4 Å². The Morgan fingerprint density at radius 2 is 1.91 bits per heavy atom. The normalized spacial score (nSPS) is 10.7. The van der Waals surface area contributed by atoms with Gasteiger partial charge in [0.05, 0.1) is 27.4 Å². The zero-order valence-electron chi connectivity index (χ0n) is 14.3. The first-order chi connectivity index (χ1) is 10.8. The second-order valence-electron chi connectivity index (χ2n) is 4.47. The molecule has 0 heterocycles. The number of benzene rings is 1. The zero-order chi connectivity index (χ0) is 16.2. The molecule has 6 nitrogen and oxygen atoms in total. The summed E-state index contributed by atoms with van der Waals surface area (Å²) in [6.45, 7) is 7.41. The minimum absolute atomic E-state index is 0. The number of nitrogens with zero attached hydrogens (tertiary/aromatic N) is 1. The summed E-state index contributed by atoms with van der Waals surface area (Å²) in [5.74, 6) is 2.19. The van der Waals surface area contributed by atoms with Crippen molar-refractivity contribution in [3.05, 3.63) is 23.8 Å². The van der Waals surface area contributed by atoms with Gasteiger partial charge in [0.1, 0.15) is 0 Å². The maximum atomic E-state index is 5.42. The second kappa shape index (κ2) is 13.2.